The molecule has 3 N–H and O–H groups in total. The Morgan fingerprint density at radius 1 is 1.27 bits per heavy atom. The van der Waals surface area contributed by atoms with Crippen molar-refractivity contribution in [3.05, 3.63) is 36.3 Å². The molecule has 0 aliphatic carbocycles. The van der Waals surface area contributed by atoms with Crippen LogP contribution in [0.25, 0.3) is 31.6 Å². The summed E-state index contributed by atoms with van der Waals surface area (Å²) in [6, 6.07) is 6.88. The number of hydrogen-bond donors (Lipinski definition) is 2. The molecule has 0 saturated carbocycles. The fraction of sp³-hybridized carbons (Fsp3) is 0.263. The third kappa shape index (κ3) is 2.21. The van der Waals surface area contributed by atoms with Crippen LogP contribution in [0.4, 0.5) is 5.82 Å². The Balaban J connectivity index is 1.78. The van der Waals surface area contributed by atoms with E-state index in [4.69, 9.17) is 10.5 Å². The molecule has 0 bridgehead atoms. The van der Waals surface area contributed by atoms with E-state index < -0.39 is 0 Å². The van der Waals surface area contributed by atoms with Crippen LogP contribution in [0, 0.1) is 6.92 Å². The molecule has 1 aromatic carbocycles. The number of nitrogens with one attached hydrogen (secondary N) is 1. The van der Waals surface area contributed by atoms with Gasteiger partial charge < -0.3 is 20.4 Å². The van der Waals surface area contributed by atoms with Gasteiger partial charge in [0.15, 0.2) is 0 Å². The Kier molecular flexibility index (Phi) is 3.41. The third-order valence-electron chi connectivity index (χ3n) is 5.00. The standard InChI is InChI=1S/C19H19N5OS/c1-10-3-11-5-15(26-17(11)14(4-10)25-2)13-8-24(12-6-21-7-12)19-16(13)18(20)22-9-23-19/h3-5,8-9,12,21H,6-7H2,1-2H3,(H2,20,22,23). The molecule has 1 aliphatic heterocycles. The van der Waals surface area contributed by atoms with Crippen LogP contribution < -0.4 is 15.8 Å². The lowest BCUT2D eigenvalue weighted by atomic mass is 10.1. The second kappa shape index (κ2) is 5.69. The van der Waals surface area contributed by atoms with Crippen molar-refractivity contribution in [2.45, 2.75) is 13.0 Å². The van der Waals surface area contributed by atoms with E-state index >= 15 is 0 Å². The van der Waals surface area contributed by atoms with Crippen LogP contribution in [-0.4, -0.2) is 34.7 Å². The molecule has 0 unspecified atom stereocenters. The zero-order valence-electron chi connectivity index (χ0n) is 14.6. The van der Waals surface area contributed by atoms with Gasteiger partial charge in [0.05, 0.1) is 23.2 Å². The minimum absolute atomic E-state index is 0.409. The van der Waals surface area contributed by atoms with Crippen LogP contribution in [0.2, 0.25) is 0 Å². The van der Waals surface area contributed by atoms with Crippen molar-refractivity contribution in [1.29, 1.82) is 0 Å². The maximum absolute atomic E-state index is 6.24. The number of rotatable bonds is 3. The highest BCUT2D eigenvalue weighted by atomic mass is 32.1. The number of nitrogens with two attached hydrogens (primary N) is 1. The van der Waals surface area contributed by atoms with Crippen molar-refractivity contribution >= 4 is 38.3 Å². The Morgan fingerprint density at radius 3 is 2.85 bits per heavy atom. The van der Waals surface area contributed by atoms with Gasteiger partial charge in [-0.1, -0.05) is 6.07 Å². The molecule has 0 amide bonds. The van der Waals surface area contributed by atoms with E-state index in [1.54, 1.807) is 24.8 Å². The minimum atomic E-state index is 0.409. The highest BCUT2D eigenvalue weighted by Gasteiger charge is 2.25. The van der Waals surface area contributed by atoms with Gasteiger partial charge in [-0.05, 0) is 30.0 Å². The van der Waals surface area contributed by atoms with E-state index in [-0.39, 0.29) is 0 Å². The molecule has 26 heavy (non-hydrogen) atoms. The Labute approximate surface area is 154 Å². The van der Waals surface area contributed by atoms with Gasteiger partial charge in [0.2, 0.25) is 0 Å². The van der Waals surface area contributed by atoms with E-state index in [0.29, 0.717) is 11.9 Å². The molecule has 7 heteroatoms. The van der Waals surface area contributed by atoms with Crippen LogP contribution in [-0.2, 0) is 0 Å². The van der Waals surface area contributed by atoms with E-state index in [1.165, 1.54) is 10.9 Å². The Bertz CT molecular complexity index is 1140. The first kappa shape index (κ1) is 15.6. The maximum Gasteiger partial charge on any atom is 0.146 e. The predicted molar refractivity (Wildman–Crippen MR) is 106 cm³/mol. The first-order valence-corrected chi connectivity index (χ1v) is 9.37. The Hall–Kier alpha value is -2.64. The summed E-state index contributed by atoms with van der Waals surface area (Å²) in [5, 5.41) is 5.44. The van der Waals surface area contributed by atoms with E-state index in [0.717, 1.165) is 45.0 Å². The van der Waals surface area contributed by atoms with Crippen molar-refractivity contribution < 1.29 is 4.74 Å². The van der Waals surface area contributed by atoms with Gasteiger partial charge in [-0.25, -0.2) is 9.97 Å². The molecular weight excluding hydrogens is 346 g/mol. The lowest BCUT2D eigenvalue weighted by Gasteiger charge is -2.28. The fourth-order valence-corrected chi connectivity index (χ4v) is 4.74. The number of aromatic nitrogens is 3. The number of nitrogens with zero attached hydrogens (tertiary/aromatic N) is 3. The van der Waals surface area contributed by atoms with Crippen LogP contribution in [0.1, 0.15) is 11.6 Å². The SMILES string of the molecule is COc1cc(C)cc2cc(-c3cn(C4CNC4)c4ncnc(N)c34)sc12. The summed E-state index contributed by atoms with van der Waals surface area (Å²) in [5.74, 6) is 1.43. The average molecular weight is 365 g/mol. The van der Waals surface area contributed by atoms with Crippen molar-refractivity contribution in [3.8, 4) is 16.2 Å². The first-order valence-electron chi connectivity index (χ1n) is 8.56. The molecule has 3 aromatic heterocycles. The molecule has 4 heterocycles. The second-order valence-corrected chi connectivity index (χ2v) is 7.77. The molecule has 0 radical (unpaired) electrons. The fourth-order valence-electron chi connectivity index (χ4n) is 3.59. The summed E-state index contributed by atoms with van der Waals surface area (Å²) in [5.41, 5.74) is 9.42. The number of anilines is 1. The maximum atomic E-state index is 6.24. The quantitative estimate of drug-likeness (QED) is 0.582. The smallest absolute Gasteiger partial charge is 0.146 e. The number of hydrogen-bond acceptors (Lipinski definition) is 6. The average Bonchev–Trinajstić information content (AvgIpc) is 3.15. The molecule has 4 aromatic rings. The number of methoxy groups -OCH3 is 1. The molecule has 1 aliphatic rings. The summed E-state index contributed by atoms with van der Waals surface area (Å²) in [6.45, 7) is 3.99. The summed E-state index contributed by atoms with van der Waals surface area (Å²) in [6.07, 6.45) is 3.71. The molecular formula is C19H19N5OS. The number of thiophene rings is 1. The molecule has 1 saturated heterocycles. The van der Waals surface area contributed by atoms with Crippen molar-refractivity contribution in [1.82, 2.24) is 19.9 Å². The number of benzene rings is 1. The van der Waals surface area contributed by atoms with E-state index in [1.807, 2.05) is 0 Å². The summed E-state index contributed by atoms with van der Waals surface area (Å²) >= 11 is 1.72. The minimum Gasteiger partial charge on any atom is -0.495 e. The highest BCUT2D eigenvalue weighted by molar-refractivity contribution is 7.22. The molecule has 1 fully saturated rings. The lowest BCUT2D eigenvalue weighted by molar-refractivity contribution is 0.350. The van der Waals surface area contributed by atoms with E-state index in [2.05, 4.69) is 51.2 Å². The topological polar surface area (TPSA) is 78.0 Å². The summed E-state index contributed by atoms with van der Waals surface area (Å²) < 4.78 is 8.96. The highest BCUT2D eigenvalue weighted by Crippen LogP contribution is 2.43. The van der Waals surface area contributed by atoms with Gasteiger partial charge in [0.1, 0.15) is 23.5 Å². The van der Waals surface area contributed by atoms with Crippen molar-refractivity contribution in [2.24, 2.45) is 0 Å². The zero-order valence-corrected chi connectivity index (χ0v) is 15.4. The number of ether oxygens (including phenoxy) is 1. The monoisotopic (exact) mass is 365 g/mol. The first-order chi connectivity index (χ1) is 12.7. The van der Waals surface area contributed by atoms with Crippen molar-refractivity contribution in [3.63, 3.8) is 0 Å². The molecule has 132 valence electrons. The third-order valence-corrected chi connectivity index (χ3v) is 6.20. The zero-order chi connectivity index (χ0) is 17.8. The largest absolute Gasteiger partial charge is 0.495 e. The van der Waals surface area contributed by atoms with Crippen LogP contribution >= 0.6 is 11.3 Å². The van der Waals surface area contributed by atoms with Gasteiger partial charge in [0.25, 0.3) is 0 Å². The van der Waals surface area contributed by atoms with Gasteiger partial charge in [-0.15, -0.1) is 11.3 Å². The molecule has 5 rings (SSSR count). The Morgan fingerprint density at radius 2 is 2.12 bits per heavy atom. The molecule has 0 spiro atoms. The van der Waals surface area contributed by atoms with Gasteiger partial charge >= 0.3 is 0 Å². The predicted octanol–water partition coefficient (Wildman–Crippen LogP) is 3.36. The van der Waals surface area contributed by atoms with Gasteiger partial charge in [0, 0.05) is 29.7 Å². The molecule has 0 atom stereocenters. The normalized spacial score (nSPS) is 14.8. The van der Waals surface area contributed by atoms with Gasteiger partial charge in [-0.2, -0.15) is 0 Å². The van der Waals surface area contributed by atoms with Crippen LogP contribution in [0.3, 0.4) is 0 Å². The summed E-state index contributed by atoms with van der Waals surface area (Å²) in [4.78, 5) is 9.90. The lowest BCUT2D eigenvalue weighted by Crippen LogP contribution is -2.43. The second-order valence-electron chi connectivity index (χ2n) is 6.72. The summed E-state index contributed by atoms with van der Waals surface area (Å²) in [7, 11) is 1.72. The van der Waals surface area contributed by atoms with Crippen LogP contribution in [0.5, 0.6) is 5.75 Å². The number of aryl methyl sites for hydroxylation is 1. The van der Waals surface area contributed by atoms with E-state index in [9.17, 15) is 0 Å². The molecule has 6 nitrogen and oxygen atoms in total. The number of fused-ring (bicyclic) bond motifs is 2. The van der Waals surface area contributed by atoms with Crippen molar-refractivity contribution in [2.75, 3.05) is 25.9 Å². The van der Waals surface area contributed by atoms with Gasteiger partial charge in [-0.3, -0.25) is 0 Å². The van der Waals surface area contributed by atoms with Crippen LogP contribution in [0.15, 0.2) is 30.7 Å². The number of nitrogen functional groups attached to an aromatic ring is 1.